The van der Waals surface area contributed by atoms with E-state index < -0.39 is 18.0 Å². The first-order chi connectivity index (χ1) is 15.6. The van der Waals surface area contributed by atoms with Crippen molar-refractivity contribution in [3.63, 3.8) is 0 Å². The average Bonchev–Trinajstić information content (AvgIpc) is 3.24. The maximum absolute atomic E-state index is 14.4. The third kappa shape index (κ3) is 3.92. The van der Waals surface area contributed by atoms with Crippen LogP contribution in [0.1, 0.15) is 29.9 Å². The lowest BCUT2D eigenvalue weighted by molar-refractivity contribution is -0.286. The average molecular weight is 461 g/mol. The van der Waals surface area contributed by atoms with Crippen LogP contribution in [-0.2, 0) is 0 Å². The quantitative estimate of drug-likeness (QED) is 0.621. The number of piperazine rings is 1. The number of fused-ring (bicyclic) bond motifs is 2. The van der Waals surface area contributed by atoms with Crippen molar-refractivity contribution in [3.05, 3.63) is 47.7 Å². The van der Waals surface area contributed by atoms with Gasteiger partial charge in [-0.05, 0) is 32.9 Å². The van der Waals surface area contributed by atoms with Gasteiger partial charge in [-0.3, -0.25) is 4.79 Å². The number of imidazole rings is 1. The molecule has 2 aliphatic heterocycles. The molecule has 4 heterocycles. The van der Waals surface area contributed by atoms with Gasteiger partial charge in [0.15, 0.2) is 23.0 Å². The van der Waals surface area contributed by atoms with E-state index in [9.17, 15) is 18.0 Å². The minimum absolute atomic E-state index is 0.117. The first-order valence-electron chi connectivity index (χ1n) is 10.5. The number of rotatable bonds is 3. The standard InChI is InChI=1S/C22H22F3N5O3/c1-11-7-29(8-12(2)26-11)17-5-4-15(18-19(17)33-22(24,25)32-18)21(31)28-14-6-16(23)20-27-13(3)9-30(20)10-14/h4-6,9-12,26H,7-8H2,1-3H3,(H,28,31)/t11-,12-/m0/s1. The zero-order chi connectivity index (χ0) is 23.5. The minimum Gasteiger partial charge on any atom is -0.394 e. The molecule has 0 bridgehead atoms. The summed E-state index contributed by atoms with van der Waals surface area (Å²) in [7, 11) is 0. The largest absolute Gasteiger partial charge is 0.586 e. The lowest BCUT2D eigenvalue weighted by Crippen LogP contribution is -2.54. The van der Waals surface area contributed by atoms with Crippen LogP contribution in [0, 0.1) is 12.7 Å². The lowest BCUT2D eigenvalue weighted by atomic mass is 10.1. The number of nitrogens with one attached hydrogen (secondary N) is 2. The first kappa shape index (κ1) is 21.4. The van der Waals surface area contributed by atoms with Crippen molar-refractivity contribution in [2.45, 2.75) is 39.1 Å². The highest BCUT2D eigenvalue weighted by atomic mass is 19.3. The van der Waals surface area contributed by atoms with Gasteiger partial charge in [-0.1, -0.05) is 0 Å². The summed E-state index contributed by atoms with van der Waals surface area (Å²) in [5.41, 5.74) is 1.13. The number of aryl methyl sites for hydroxylation is 1. The topological polar surface area (TPSA) is 80.1 Å². The Morgan fingerprint density at radius 2 is 1.88 bits per heavy atom. The number of carbonyl (C=O) groups excluding carboxylic acids is 1. The van der Waals surface area contributed by atoms with Crippen molar-refractivity contribution in [2.24, 2.45) is 0 Å². The van der Waals surface area contributed by atoms with Gasteiger partial charge in [0.05, 0.1) is 22.6 Å². The smallest absolute Gasteiger partial charge is 0.394 e. The molecule has 33 heavy (non-hydrogen) atoms. The van der Waals surface area contributed by atoms with Crippen LogP contribution >= 0.6 is 0 Å². The number of alkyl halides is 2. The number of pyridine rings is 1. The predicted octanol–water partition coefficient (Wildman–Crippen LogP) is 3.54. The molecule has 2 aliphatic rings. The highest BCUT2D eigenvalue weighted by Gasteiger charge is 2.47. The Bertz CT molecular complexity index is 1250. The monoisotopic (exact) mass is 461 g/mol. The lowest BCUT2D eigenvalue weighted by Gasteiger charge is -2.38. The van der Waals surface area contributed by atoms with E-state index in [1.165, 1.54) is 16.7 Å². The van der Waals surface area contributed by atoms with Gasteiger partial charge in [0.25, 0.3) is 5.91 Å². The van der Waals surface area contributed by atoms with Crippen LogP contribution in [0.15, 0.2) is 30.6 Å². The Morgan fingerprint density at radius 1 is 1.18 bits per heavy atom. The normalized spacial score (nSPS) is 21.5. The van der Waals surface area contributed by atoms with E-state index in [1.807, 2.05) is 18.7 Å². The third-order valence-corrected chi connectivity index (χ3v) is 5.56. The molecule has 0 aliphatic carbocycles. The van der Waals surface area contributed by atoms with E-state index in [2.05, 4.69) is 15.6 Å². The second-order valence-electron chi connectivity index (χ2n) is 8.48. The van der Waals surface area contributed by atoms with Crippen LogP contribution in [0.2, 0.25) is 0 Å². The maximum atomic E-state index is 14.4. The van der Waals surface area contributed by atoms with E-state index in [4.69, 9.17) is 9.47 Å². The number of amides is 1. The van der Waals surface area contributed by atoms with Crippen LogP contribution in [0.4, 0.5) is 24.5 Å². The van der Waals surface area contributed by atoms with Crippen molar-refractivity contribution in [3.8, 4) is 11.5 Å². The Morgan fingerprint density at radius 3 is 2.61 bits per heavy atom. The number of benzene rings is 1. The van der Waals surface area contributed by atoms with Gasteiger partial charge in [-0.2, -0.15) is 0 Å². The molecule has 8 nitrogen and oxygen atoms in total. The molecule has 11 heteroatoms. The van der Waals surface area contributed by atoms with Crippen LogP contribution in [0.5, 0.6) is 11.5 Å². The first-order valence-corrected chi connectivity index (χ1v) is 10.5. The highest BCUT2D eigenvalue weighted by molar-refractivity contribution is 6.07. The molecule has 0 unspecified atom stereocenters. The molecular weight excluding hydrogens is 439 g/mol. The van der Waals surface area contributed by atoms with E-state index in [1.54, 1.807) is 19.2 Å². The van der Waals surface area contributed by atoms with Gasteiger partial charge >= 0.3 is 6.29 Å². The van der Waals surface area contributed by atoms with E-state index in [0.29, 0.717) is 24.5 Å². The van der Waals surface area contributed by atoms with Gasteiger partial charge in [-0.15, -0.1) is 8.78 Å². The van der Waals surface area contributed by atoms with Crippen molar-refractivity contribution in [1.82, 2.24) is 14.7 Å². The van der Waals surface area contributed by atoms with Crippen molar-refractivity contribution >= 4 is 22.9 Å². The summed E-state index contributed by atoms with van der Waals surface area (Å²) in [6.07, 6.45) is -0.813. The fourth-order valence-electron chi connectivity index (χ4n) is 4.41. The number of hydrogen-bond donors (Lipinski definition) is 2. The summed E-state index contributed by atoms with van der Waals surface area (Å²) in [5.74, 6) is -1.92. The molecule has 1 amide bonds. The van der Waals surface area contributed by atoms with E-state index in [0.717, 1.165) is 6.07 Å². The zero-order valence-corrected chi connectivity index (χ0v) is 18.2. The van der Waals surface area contributed by atoms with Crippen molar-refractivity contribution in [1.29, 1.82) is 0 Å². The molecule has 1 saturated heterocycles. The molecule has 5 rings (SSSR count). The van der Waals surface area contributed by atoms with Gasteiger partial charge < -0.3 is 29.4 Å². The summed E-state index contributed by atoms with van der Waals surface area (Å²) < 4.78 is 53.5. The second-order valence-corrected chi connectivity index (χ2v) is 8.48. The number of hydrogen-bond acceptors (Lipinski definition) is 6. The molecule has 0 saturated carbocycles. The highest BCUT2D eigenvalue weighted by Crippen LogP contribution is 2.49. The van der Waals surface area contributed by atoms with Gasteiger partial charge in [0.2, 0.25) is 0 Å². The number of halogens is 3. The van der Waals surface area contributed by atoms with Crippen LogP contribution in [0.25, 0.3) is 5.65 Å². The Balaban J connectivity index is 1.49. The van der Waals surface area contributed by atoms with E-state index >= 15 is 0 Å². The van der Waals surface area contributed by atoms with Crippen molar-refractivity contribution < 1.29 is 27.4 Å². The third-order valence-electron chi connectivity index (χ3n) is 5.56. The minimum atomic E-state index is -3.90. The van der Waals surface area contributed by atoms with E-state index in [-0.39, 0.29) is 40.5 Å². The van der Waals surface area contributed by atoms with Crippen molar-refractivity contribution in [2.75, 3.05) is 23.3 Å². The van der Waals surface area contributed by atoms with Gasteiger partial charge in [-0.25, -0.2) is 9.37 Å². The fourth-order valence-corrected chi connectivity index (χ4v) is 4.41. The summed E-state index contributed by atoms with van der Waals surface area (Å²) in [5, 5.41) is 5.91. The SMILES string of the molecule is Cc1cn2cc(NC(=O)c3ccc(N4C[C@H](C)N[C@@H](C)C4)c4c3OC(F)(F)O4)cc(F)c2n1. The Kier molecular flexibility index (Phi) is 4.89. The van der Waals surface area contributed by atoms with Crippen LogP contribution in [0.3, 0.4) is 0 Å². The Labute approximate surface area is 187 Å². The summed E-state index contributed by atoms with van der Waals surface area (Å²) in [6, 6.07) is 4.34. The molecule has 2 N–H and O–H groups in total. The predicted molar refractivity (Wildman–Crippen MR) is 115 cm³/mol. The number of ether oxygens (including phenoxy) is 2. The molecule has 1 aromatic carbocycles. The summed E-state index contributed by atoms with van der Waals surface area (Å²) >= 11 is 0. The zero-order valence-electron chi connectivity index (χ0n) is 18.2. The second kappa shape index (κ2) is 7.55. The molecule has 0 radical (unpaired) electrons. The van der Waals surface area contributed by atoms with Gasteiger partial charge in [0.1, 0.15) is 0 Å². The molecule has 3 aromatic rings. The molecule has 0 spiro atoms. The molecular formula is C22H22F3N5O3. The van der Waals surface area contributed by atoms with Gasteiger partial charge in [0, 0.05) is 43.6 Å². The Hall–Kier alpha value is -3.47. The number of aromatic nitrogens is 2. The maximum Gasteiger partial charge on any atom is 0.586 e. The molecule has 1 fully saturated rings. The summed E-state index contributed by atoms with van der Waals surface area (Å²) in [4.78, 5) is 19.0. The fraction of sp³-hybridized carbons (Fsp3) is 0.364. The number of nitrogens with zero attached hydrogens (tertiary/aromatic N) is 3. The molecule has 174 valence electrons. The van der Waals surface area contributed by atoms with Crippen LogP contribution < -0.4 is 25.0 Å². The van der Waals surface area contributed by atoms with Crippen LogP contribution in [-0.4, -0.2) is 46.8 Å². The number of anilines is 2. The summed E-state index contributed by atoms with van der Waals surface area (Å²) in [6.45, 7) is 6.84. The molecule has 2 aromatic heterocycles. The number of carbonyl (C=O) groups is 1. The molecule has 2 atom stereocenters.